The van der Waals surface area contributed by atoms with Crippen LogP contribution in [0.4, 0.5) is 5.82 Å². The van der Waals surface area contributed by atoms with Gasteiger partial charge in [0.05, 0.1) is 18.3 Å². The molecule has 29 heavy (non-hydrogen) atoms. The van der Waals surface area contributed by atoms with Crippen molar-refractivity contribution in [2.24, 2.45) is 0 Å². The van der Waals surface area contributed by atoms with Gasteiger partial charge >= 0.3 is 0 Å². The molecule has 0 unspecified atom stereocenters. The summed E-state index contributed by atoms with van der Waals surface area (Å²) in [6.45, 7) is 4.87. The van der Waals surface area contributed by atoms with E-state index in [1.165, 1.54) is 5.56 Å². The average molecular weight is 385 g/mol. The molecule has 1 aromatic carbocycles. The Morgan fingerprint density at radius 3 is 2.72 bits per heavy atom. The van der Waals surface area contributed by atoms with Crippen LogP contribution in [0.1, 0.15) is 24.1 Å². The van der Waals surface area contributed by atoms with Crippen LogP contribution in [0.2, 0.25) is 0 Å². The third-order valence-electron chi connectivity index (χ3n) is 4.98. The normalized spacial score (nSPS) is 12.0. The number of ether oxygens (including phenoxy) is 1. The smallest absolute Gasteiger partial charge is 0.129 e. The summed E-state index contributed by atoms with van der Waals surface area (Å²) in [6.07, 6.45) is 5.20. The summed E-state index contributed by atoms with van der Waals surface area (Å²) in [5.74, 6) is 1.86. The lowest BCUT2D eigenvalue weighted by molar-refractivity contribution is 0.419. The molecule has 6 nitrogen and oxygen atoms in total. The van der Waals surface area contributed by atoms with Crippen LogP contribution in [0, 0.1) is 6.92 Å². The zero-order valence-corrected chi connectivity index (χ0v) is 16.8. The maximum Gasteiger partial charge on any atom is 0.129 e. The van der Waals surface area contributed by atoms with E-state index >= 15 is 0 Å². The van der Waals surface area contributed by atoms with Crippen LogP contribution >= 0.6 is 0 Å². The lowest BCUT2D eigenvalue weighted by Crippen LogP contribution is -2.11. The molecule has 4 rings (SSSR count). The SMILES string of the molecule is COc1ccnc2c([C@H](C)CNc3cc(-c4ccc(C)nc4)ncn3)cccc12. The van der Waals surface area contributed by atoms with Gasteiger partial charge in [-0.3, -0.25) is 9.97 Å². The summed E-state index contributed by atoms with van der Waals surface area (Å²) < 4.78 is 5.48. The Morgan fingerprint density at radius 2 is 1.93 bits per heavy atom. The van der Waals surface area contributed by atoms with E-state index in [4.69, 9.17) is 4.74 Å². The quantitative estimate of drug-likeness (QED) is 0.522. The molecule has 0 aliphatic heterocycles. The van der Waals surface area contributed by atoms with E-state index in [2.05, 4.69) is 38.2 Å². The Morgan fingerprint density at radius 1 is 1.03 bits per heavy atom. The van der Waals surface area contributed by atoms with E-state index in [0.29, 0.717) is 0 Å². The van der Waals surface area contributed by atoms with Crippen molar-refractivity contribution in [3.05, 3.63) is 72.4 Å². The van der Waals surface area contributed by atoms with E-state index in [-0.39, 0.29) is 5.92 Å². The molecule has 0 saturated carbocycles. The third kappa shape index (κ3) is 4.01. The number of rotatable bonds is 6. The molecular weight excluding hydrogens is 362 g/mol. The summed E-state index contributed by atoms with van der Waals surface area (Å²) in [6, 6.07) is 14.0. The van der Waals surface area contributed by atoms with Crippen LogP contribution in [0.5, 0.6) is 5.75 Å². The highest BCUT2D eigenvalue weighted by Gasteiger charge is 2.13. The zero-order chi connectivity index (χ0) is 20.2. The molecule has 1 atom stereocenters. The molecule has 0 spiro atoms. The minimum Gasteiger partial charge on any atom is -0.496 e. The number of hydrogen-bond acceptors (Lipinski definition) is 6. The number of fused-ring (bicyclic) bond motifs is 1. The van der Waals surface area contributed by atoms with Crippen molar-refractivity contribution in [3.63, 3.8) is 0 Å². The molecule has 1 N–H and O–H groups in total. The number of nitrogens with zero attached hydrogens (tertiary/aromatic N) is 4. The topological polar surface area (TPSA) is 72.8 Å². The fourth-order valence-electron chi connectivity index (χ4n) is 3.35. The monoisotopic (exact) mass is 385 g/mol. The molecule has 4 aromatic rings. The first-order valence-electron chi connectivity index (χ1n) is 9.56. The van der Waals surface area contributed by atoms with E-state index in [1.807, 2.05) is 49.5 Å². The largest absolute Gasteiger partial charge is 0.496 e. The Labute approximate surface area is 170 Å². The summed E-state index contributed by atoms with van der Waals surface area (Å²) in [5.41, 5.74) is 4.94. The Bertz CT molecular complexity index is 1130. The second kappa shape index (κ2) is 8.22. The minimum absolute atomic E-state index is 0.234. The Kier molecular flexibility index (Phi) is 5.33. The molecule has 0 bridgehead atoms. The highest BCUT2D eigenvalue weighted by molar-refractivity contribution is 5.87. The molecular formula is C23H23N5O. The van der Waals surface area contributed by atoms with Crippen LogP contribution in [-0.4, -0.2) is 33.6 Å². The van der Waals surface area contributed by atoms with Crippen LogP contribution < -0.4 is 10.1 Å². The van der Waals surface area contributed by atoms with Gasteiger partial charge in [-0.2, -0.15) is 0 Å². The lowest BCUT2D eigenvalue weighted by Gasteiger charge is -2.16. The number of aromatic nitrogens is 4. The van der Waals surface area contributed by atoms with Gasteiger partial charge in [0, 0.05) is 47.6 Å². The number of nitrogens with one attached hydrogen (secondary N) is 1. The summed E-state index contributed by atoms with van der Waals surface area (Å²) in [7, 11) is 1.68. The Hall–Kier alpha value is -3.54. The zero-order valence-electron chi connectivity index (χ0n) is 16.8. The summed E-state index contributed by atoms with van der Waals surface area (Å²) >= 11 is 0. The van der Waals surface area contributed by atoms with E-state index in [9.17, 15) is 0 Å². The van der Waals surface area contributed by atoms with Crippen molar-refractivity contribution < 1.29 is 4.74 Å². The maximum absolute atomic E-state index is 5.48. The minimum atomic E-state index is 0.234. The van der Waals surface area contributed by atoms with E-state index in [1.54, 1.807) is 19.6 Å². The highest BCUT2D eigenvalue weighted by atomic mass is 16.5. The fourth-order valence-corrected chi connectivity index (χ4v) is 3.35. The van der Waals surface area contributed by atoms with Gasteiger partial charge in [0.2, 0.25) is 0 Å². The van der Waals surface area contributed by atoms with Crippen molar-refractivity contribution in [1.29, 1.82) is 0 Å². The second-order valence-corrected chi connectivity index (χ2v) is 7.02. The molecule has 6 heteroatoms. The predicted molar refractivity (Wildman–Crippen MR) is 115 cm³/mol. The van der Waals surface area contributed by atoms with E-state index in [0.717, 1.165) is 46.0 Å². The van der Waals surface area contributed by atoms with E-state index < -0.39 is 0 Å². The average Bonchev–Trinajstić information content (AvgIpc) is 2.77. The molecule has 0 fully saturated rings. The summed E-state index contributed by atoms with van der Waals surface area (Å²) in [4.78, 5) is 17.7. The number of pyridine rings is 2. The fraction of sp³-hybridized carbons (Fsp3) is 0.217. The molecule has 146 valence electrons. The van der Waals surface area contributed by atoms with Gasteiger partial charge in [-0.15, -0.1) is 0 Å². The number of methoxy groups -OCH3 is 1. The maximum atomic E-state index is 5.48. The van der Waals surface area contributed by atoms with Gasteiger partial charge in [-0.25, -0.2) is 9.97 Å². The highest BCUT2D eigenvalue weighted by Crippen LogP contribution is 2.30. The van der Waals surface area contributed by atoms with Crippen molar-refractivity contribution in [3.8, 4) is 17.0 Å². The third-order valence-corrected chi connectivity index (χ3v) is 4.98. The van der Waals surface area contributed by atoms with Gasteiger partial charge in [0.25, 0.3) is 0 Å². The first kappa shape index (κ1) is 18.8. The molecule has 3 aromatic heterocycles. The van der Waals surface area contributed by atoms with Crippen LogP contribution in [0.15, 0.2) is 61.2 Å². The predicted octanol–water partition coefficient (Wildman–Crippen LogP) is 4.62. The number of para-hydroxylation sites is 1. The molecule has 0 amide bonds. The van der Waals surface area contributed by atoms with Gasteiger partial charge in [0.15, 0.2) is 0 Å². The molecule has 3 heterocycles. The number of aryl methyl sites for hydroxylation is 1. The molecule has 0 aliphatic carbocycles. The molecule has 0 saturated heterocycles. The van der Waals surface area contributed by atoms with Crippen molar-refractivity contribution >= 4 is 16.7 Å². The number of benzene rings is 1. The van der Waals surface area contributed by atoms with Crippen molar-refractivity contribution in [1.82, 2.24) is 19.9 Å². The second-order valence-electron chi connectivity index (χ2n) is 7.02. The van der Waals surface area contributed by atoms with Crippen molar-refractivity contribution in [2.75, 3.05) is 19.0 Å². The van der Waals surface area contributed by atoms with Gasteiger partial charge in [-0.1, -0.05) is 19.1 Å². The Balaban J connectivity index is 1.53. The number of hydrogen-bond donors (Lipinski definition) is 1. The van der Waals surface area contributed by atoms with Gasteiger partial charge in [0.1, 0.15) is 17.9 Å². The van der Waals surface area contributed by atoms with Crippen LogP contribution in [-0.2, 0) is 0 Å². The lowest BCUT2D eigenvalue weighted by atomic mass is 9.97. The number of anilines is 1. The van der Waals surface area contributed by atoms with Crippen LogP contribution in [0.25, 0.3) is 22.2 Å². The molecule has 0 radical (unpaired) electrons. The first-order valence-corrected chi connectivity index (χ1v) is 9.56. The van der Waals surface area contributed by atoms with Crippen molar-refractivity contribution in [2.45, 2.75) is 19.8 Å². The molecule has 0 aliphatic rings. The van der Waals surface area contributed by atoms with Crippen LogP contribution in [0.3, 0.4) is 0 Å². The first-order chi connectivity index (χ1) is 14.2. The standard InChI is InChI=1S/C23H23N5O/c1-15(18-5-4-6-19-21(29-3)9-10-24-23(18)19)12-26-22-11-20(27-14-28-22)17-8-7-16(2)25-13-17/h4-11,13-15H,12H2,1-3H3,(H,26,27,28)/t15-/m1/s1. The van der Waals surface area contributed by atoms with Gasteiger partial charge in [-0.05, 0) is 36.8 Å². The van der Waals surface area contributed by atoms with Gasteiger partial charge < -0.3 is 10.1 Å². The summed E-state index contributed by atoms with van der Waals surface area (Å²) in [5, 5.41) is 4.45.